The normalized spacial score (nSPS) is 29.0. The Bertz CT molecular complexity index is 81.8. The third kappa shape index (κ3) is 0.976. The van der Waals surface area contributed by atoms with E-state index in [0.717, 1.165) is 13.0 Å². The summed E-state index contributed by atoms with van der Waals surface area (Å²) in [6.07, 6.45) is 2.65. The lowest BCUT2D eigenvalue weighted by Gasteiger charge is -1.97. The summed E-state index contributed by atoms with van der Waals surface area (Å²) in [5.41, 5.74) is 2.11. The largest absolute Gasteiger partial charge is 0.316 e. The summed E-state index contributed by atoms with van der Waals surface area (Å²) >= 11 is 0. The fourth-order valence-electron chi connectivity index (χ4n) is 0.588. The Hall–Kier alpha value is -0.410. The van der Waals surface area contributed by atoms with Crippen molar-refractivity contribution in [2.45, 2.75) is 12.5 Å². The summed E-state index contributed by atoms with van der Waals surface area (Å²) in [6, 6.07) is 0.111. The van der Waals surface area contributed by atoms with Gasteiger partial charge in [-0.25, -0.2) is 0 Å². The number of hydroxylamine groups is 1. The summed E-state index contributed by atoms with van der Waals surface area (Å²) in [4.78, 5) is 3.89. The van der Waals surface area contributed by atoms with Gasteiger partial charge in [0.1, 0.15) is 0 Å². The first-order valence-electron chi connectivity index (χ1n) is 2.33. The zero-order valence-corrected chi connectivity index (χ0v) is 3.96. The summed E-state index contributed by atoms with van der Waals surface area (Å²) in [6.45, 7) is 0.845. The standard InChI is InChI=1S/C4H8N2O/c7-6-4-1-2-5-3-4/h3-4,6-7H,1-2H2. The summed E-state index contributed by atoms with van der Waals surface area (Å²) in [7, 11) is 0. The highest BCUT2D eigenvalue weighted by Crippen LogP contribution is 1.95. The lowest BCUT2D eigenvalue weighted by molar-refractivity contribution is 0.151. The van der Waals surface area contributed by atoms with Crippen molar-refractivity contribution >= 4 is 6.21 Å². The molecule has 0 aliphatic carbocycles. The van der Waals surface area contributed by atoms with E-state index in [1.807, 2.05) is 0 Å². The second-order valence-corrected chi connectivity index (χ2v) is 1.58. The predicted molar refractivity (Wildman–Crippen MR) is 26.7 cm³/mol. The highest BCUT2D eigenvalue weighted by Gasteiger charge is 2.06. The Morgan fingerprint density at radius 3 is 3.00 bits per heavy atom. The van der Waals surface area contributed by atoms with E-state index in [0.29, 0.717) is 0 Å². The van der Waals surface area contributed by atoms with Crippen LogP contribution in [0.2, 0.25) is 0 Å². The maximum absolute atomic E-state index is 8.22. The predicted octanol–water partition coefficient (Wildman–Crippen LogP) is -0.192. The lowest BCUT2D eigenvalue weighted by atomic mass is 10.3. The maximum Gasteiger partial charge on any atom is 0.0684 e. The summed E-state index contributed by atoms with van der Waals surface area (Å²) < 4.78 is 0. The number of hydrogen-bond donors (Lipinski definition) is 2. The van der Waals surface area contributed by atoms with E-state index < -0.39 is 0 Å². The molecule has 1 unspecified atom stereocenters. The SMILES string of the molecule is ONC1C=NCC1. The van der Waals surface area contributed by atoms with Crippen LogP contribution in [0.4, 0.5) is 0 Å². The fraction of sp³-hybridized carbons (Fsp3) is 0.750. The molecule has 0 aromatic rings. The molecule has 0 saturated heterocycles. The molecule has 1 atom stereocenters. The minimum Gasteiger partial charge on any atom is -0.316 e. The van der Waals surface area contributed by atoms with E-state index in [4.69, 9.17) is 5.21 Å². The van der Waals surface area contributed by atoms with Gasteiger partial charge in [-0.1, -0.05) is 0 Å². The third-order valence-corrected chi connectivity index (χ3v) is 1.02. The van der Waals surface area contributed by atoms with Crippen LogP contribution in [-0.4, -0.2) is 24.0 Å². The first-order valence-corrected chi connectivity index (χ1v) is 2.33. The fourth-order valence-corrected chi connectivity index (χ4v) is 0.588. The van der Waals surface area contributed by atoms with Crippen LogP contribution in [0.25, 0.3) is 0 Å². The van der Waals surface area contributed by atoms with Gasteiger partial charge in [-0.3, -0.25) is 4.99 Å². The molecule has 0 fully saturated rings. The molecule has 0 aromatic carbocycles. The lowest BCUT2D eigenvalue weighted by Crippen LogP contribution is -2.24. The molecule has 3 heteroatoms. The van der Waals surface area contributed by atoms with E-state index in [1.54, 1.807) is 6.21 Å². The maximum atomic E-state index is 8.22. The zero-order chi connectivity index (χ0) is 5.11. The van der Waals surface area contributed by atoms with Gasteiger partial charge in [0.25, 0.3) is 0 Å². The van der Waals surface area contributed by atoms with Crippen molar-refractivity contribution in [3.63, 3.8) is 0 Å². The zero-order valence-electron chi connectivity index (χ0n) is 3.96. The van der Waals surface area contributed by atoms with E-state index >= 15 is 0 Å². The Kier molecular flexibility index (Phi) is 1.38. The van der Waals surface area contributed by atoms with Crippen LogP contribution in [0.3, 0.4) is 0 Å². The van der Waals surface area contributed by atoms with Crippen LogP contribution in [-0.2, 0) is 0 Å². The van der Waals surface area contributed by atoms with Gasteiger partial charge in [0.05, 0.1) is 6.04 Å². The minimum atomic E-state index is 0.111. The molecule has 0 bridgehead atoms. The molecule has 0 saturated carbocycles. The molecule has 1 heterocycles. The number of nitrogens with zero attached hydrogens (tertiary/aromatic N) is 1. The summed E-state index contributed by atoms with van der Waals surface area (Å²) in [5.74, 6) is 0. The second-order valence-electron chi connectivity index (χ2n) is 1.58. The van der Waals surface area contributed by atoms with Gasteiger partial charge in [-0.05, 0) is 6.42 Å². The van der Waals surface area contributed by atoms with Crippen LogP contribution in [0.15, 0.2) is 4.99 Å². The van der Waals surface area contributed by atoms with Gasteiger partial charge in [-0.15, -0.1) is 0 Å². The monoisotopic (exact) mass is 100 g/mol. The van der Waals surface area contributed by atoms with Gasteiger partial charge in [0, 0.05) is 12.8 Å². The topological polar surface area (TPSA) is 44.6 Å². The molecule has 2 N–H and O–H groups in total. The molecule has 0 amide bonds. The van der Waals surface area contributed by atoms with Crippen molar-refractivity contribution in [1.82, 2.24) is 5.48 Å². The number of nitrogens with one attached hydrogen (secondary N) is 1. The van der Waals surface area contributed by atoms with Crippen LogP contribution < -0.4 is 5.48 Å². The van der Waals surface area contributed by atoms with Crippen molar-refractivity contribution in [2.75, 3.05) is 6.54 Å². The van der Waals surface area contributed by atoms with Gasteiger partial charge in [0.2, 0.25) is 0 Å². The van der Waals surface area contributed by atoms with E-state index in [1.165, 1.54) is 0 Å². The molecule has 1 aliphatic heterocycles. The quantitative estimate of drug-likeness (QED) is 0.448. The van der Waals surface area contributed by atoms with E-state index in [-0.39, 0.29) is 6.04 Å². The number of rotatable bonds is 1. The summed E-state index contributed by atoms with van der Waals surface area (Å²) in [5, 5.41) is 8.22. The molecule has 3 nitrogen and oxygen atoms in total. The van der Waals surface area contributed by atoms with Crippen molar-refractivity contribution in [3.05, 3.63) is 0 Å². The van der Waals surface area contributed by atoms with Crippen LogP contribution in [0, 0.1) is 0 Å². The van der Waals surface area contributed by atoms with Gasteiger partial charge in [-0.2, -0.15) is 5.48 Å². The third-order valence-electron chi connectivity index (χ3n) is 1.02. The van der Waals surface area contributed by atoms with Crippen LogP contribution >= 0.6 is 0 Å². The molecule has 0 aromatic heterocycles. The molecule has 1 aliphatic rings. The molecule has 40 valence electrons. The van der Waals surface area contributed by atoms with E-state index in [2.05, 4.69) is 10.5 Å². The Labute approximate surface area is 42.0 Å². The molecule has 7 heavy (non-hydrogen) atoms. The van der Waals surface area contributed by atoms with Crippen molar-refractivity contribution in [2.24, 2.45) is 4.99 Å². The molecule has 0 spiro atoms. The Morgan fingerprint density at radius 2 is 2.71 bits per heavy atom. The Morgan fingerprint density at radius 1 is 1.86 bits per heavy atom. The van der Waals surface area contributed by atoms with Gasteiger partial charge >= 0.3 is 0 Å². The molecule has 0 radical (unpaired) electrons. The van der Waals surface area contributed by atoms with Gasteiger partial charge in [0.15, 0.2) is 0 Å². The van der Waals surface area contributed by atoms with Gasteiger partial charge < -0.3 is 5.21 Å². The van der Waals surface area contributed by atoms with Crippen LogP contribution in [0.1, 0.15) is 6.42 Å². The first-order chi connectivity index (χ1) is 3.43. The minimum absolute atomic E-state index is 0.111. The average molecular weight is 100 g/mol. The molecular formula is C4H8N2O. The first kappa shape index (κ1) is 4.74. The number of hydrogen-bond acceptors (Lipinski definition) is 3. The van der Waals surface area contributed by atoms with Crippen molar-refractivity contribution in [1.29, 1.82) is 0 Å². The van der Waals surface area contributed by atoms with Crippen molar-refractivity contribution < 1.29 is 5.21 Å². The van der Waals surface area contributed by atoms with E-state index in [9.17, 15) is 0 Å². The highest BCUT2D eigenvalue weighted by atomic mass is 16.5. The average Bonchev–Trinajstić information content (AvgIpc) is 2.14. The highest BCUT2D eigenvalue weighted by molar-refractivity contribution is 5.66. The van der Waals surface area contributed by atoms with Crippen LogP contribution in [0.5, 0.6) is 0 Å². The molecule has 1 rings (SSSR count). The number of aliphatic imine (C=N–C) groups is 1. The Balaban J connectivity index is 2.28. The second kappa shape index (κ2) is 2.04. The van der Waals surface area contributed by atoms with Crippen molar-refractivity contribution in [3.8, 4) is 0 Å². The smallest absolute Gasteiger partial charge is 0.0684 e. The molecular weight excluding hydrogens is 92.1 g/mol.